The molecule has 0 radical (unpaired) electrons. The summed E-state index contributed by atoms with van der Waals surface area (Å²) < 4.78 is 11.3. The lowest BCUT2D eigenvalue weighted by atomic mass is 10.1. The first-order valence-electron chi connectivity index (χ1n) is 7.58. The van der Waals surface area contributed by atoms with Crippen LogP contribution in [0.3, 0.4) is 0 Å². The van der Waals surface area contributed by atoms with E-state index in [0.29, 0.717) is 18.9 Å². The van der Waals surface area contributed by atoms with Crippen molar-refractivity contribution in [1.82, 2.24) is 0 Å². The van der Waals surface area contributed by atoms with E-state index in [1.54, 1.807) is 12.1 Å². The Hall–Kier alpha value is -3.09. The Bertz CT molecular complexity index is 772. The van der Waals surface area contributed by atoms with E-state index >= 15 is 0 Å². The molecule has 0 saturated carbocycles. The number of ether oxygens (including phenoxy) is 2. The molecule has 0 bridgehead atoms. The van der Waals surface area contributed by atoms with Crippen molar-refractivity contribution >= 4 is 17.1 Å². The van der Waals surface area contributed by atoms with Crippen LogP contribution in [-0.4, -0.2) is 23.8 Å². The molecular weight excluding hydrogens is 310 g/mol. The number of fused-ring (bicyclic) bond motifs is 1. The van der Waals surface area contributed by atoms with Crippen LogP contribution in [0.5, 0.6) is 11.5 Å². The second-order valence-electron chi connectivity index (χ2n) is 5.32. The van der Waals surface area contributed by atoms with E-state index in [0.717, 1.165) is 29.2 Å². The van der Waals surface area contributed by atoms with E-state index in [9.17, 15) is 10.1 Å². The first-order valence-corrected chi connectivity index (χ1v) is 7.58. The first-order chi connectivity index (χ1) is 11.6. The third-order valence-electron chi connectivity index (χ3n) is 3.60. The van der Waals surface area contributed by atoms with Crippen molar-refractivity contribution < 1.29 is 14.4 Å². The van der Waals surface area contributed by atoms with E-state index in [2.05, 4.69) is 10.5 Å². The van der Waals surface area contributed by atoms with Crippen LogP contribution in [0, 0.1) is 10.1 Å². The predicted octanol–water partition coefficient (Wildman–Crippen LogP) is 3.59. The fourth-order valence-corrected chi connectivity index (χ4v) is 2.26. The lowest BCUT2D eigenvalue weighted by Crippen LogP contribution is -2.01. The largest absolute Gasteiger partial charge is 0.490 e. The molecule has 0 saturated heterocycles. The Morgan fingerprint density at radius 3 is 2.54 bits per heavy atom. The molecule has 24 heavy (non-hydrogen) atoms. The minimum Gasteiger partial charge on any atom is -0.490 e. The minimum absolute atomic E-state index is 0.0455. The summed E-state index contributed by atoms with van der Waals surface area (Å²) in [6, 6.07) is 11.8. The Labute approximate surface area is 139 Å². The van der Waals surface area contributed by atoms with Crippen LogP contribution in [0.2, 0.25) is 0 Å². The maximum Gasteiger partial charge on any atom is 0.269 e. The van der Waals surface area contributed by atoms with Crippen LogP contribution < -0.4 is 14.9 Å². The second kappa shape index (κ2) is 6.99. The zero-order valence-corrected chi connectivity index (χ0v) is 13.2. The molecule has 1 aliphatic heterocycles. The van der Waals surface area contributed by atoms with Gasteiger partial charge in [-0.15, -0.1) is 0 Å². The van der Waals surface area contributed by atoms with Crippen LogP contribution in [0.1, 0.15) is 18.9 Å². The Morgan fingerprint density at radius 1 is 1.12 bits per heavy atom. The van der Waals surface area contributed by atoms with Crippen molar-refractivity contribution in [3.8, 4) is 11.5 Å². The third kappa shape index (κ3) is 3.62. The van der Waals surface area contributed by atoms with Gasteiger partial charge < -0.3 is 9.47 Å². The summed E-state index contributed by atoms with van der Waals surface area (Å²) in [6.07, 6.45) is 0.860. The van der Waals surface area contributed by atoms with E-state index < -0.39 is 4.92 Å². The summed E-state index contributed by atoms with van der Waals surface area (Å²) in [6.45, 7) is 3.16. The molecule has 7 nitrogen and oxygen atoms in total. The van der Waals surface area contributed by atoms with Gasteiger partial charge in [0.25, 0.3) is 5.69 Å². The molecule has 1 aliphatic rings. The maximum absolute atomic E-state index is 10.6. The normalized spacial score (nSPS) is 14.0. The summed E-state index contributed by atoms with van der Waals surface area (Å²) in [5.74, 6) is 1.46. The van der Waals surface area contributed by atoms with Crippen molar-refractivity contribution in [2.24, 2.45) is 5.10 Å². The number of non-ortho nitro benzene ring substituents is 1. The number of hydrogen-bond acceptors (Lipinski definition) is 6. The summed E-state index contributed by atoms with van der Waals surface area (Å²) in [7, 11) is 0. The average molecular weight is 327 g/mol. The highest BCUT2D eigenvalue weighted by Gasteiger charge is 2.11. The molecule has 2 aromatic carbocycles. The molecule has 1 heterocycles. The molecule has 124 valence electrons. The molecule has 0 atom stereocenters. The Morgan fingerprint density at radius 2 is 1.83 bits per heavy atom. The smallest absolute Gasteiger partial charge is 0.269 e. The van der Waals surface area contributed by atoms with E-state index in [4.69, 9.17) is 9.47 Å². The SMILES string of the molecule is C/C(=N\Nc1ccc([N+](=O)[O-])cc1)c1ccc2c(c1)OCCCO2. The molecule has 7 heteroatoms. The number of hydrazone groups is 1. The molecule has 0 fully saturated rings. The van der Waals surface area contributed by atoms with Crippen molar-refractivity contribution in [2.75, 3.05) is 18.6 Å². The van der Waals surface area contributed by atoms with Crippen LogP contribution >= 0.6 is 0 Å². The van der Waals surface area contributed by atoms with Gasteiger partial charge in [0.05, 0.1) is 29.5 Å². The van der Waals surface area contributed by atoms with E-state index in [1.807, 2.05) is 25.1 Å². The molecule has 1 N–H and O–H groups in total. The molecule has 0 unspecified atom stereocenters. The van der Waals surface area contributed by atoms with E-state index in [1.165, 1.54) is 12.1 Å². The highest BCUT2D eigenvalue weighted by atomic mass is 16.6. The van der Waals surface area contributed by atoms with Gasteiger partial charge in [0.15, 0.2) is 11.5 Å². The number of nitro benzene ring substituents is 1. The number of benzene rings is 2. The highest BCUT2D eigenvalue weighted by molar-refractivity contribution is 5.99. The molecule has 0 aromatic heterocycles. The number of nitrogens with one attached hydrogen (secondary N) is 1. The number of anilines is 1. The average Bonchev–Trinajstić information content (AvgIpc) is 2.84. The van der Waals surface area contributed by atoms with Gasteiger partial charge in [-0.25, -0.2) is 0 Å². The summed E-state index contributed by atoms with van der Waals surface area (Å²) >= 11 is 0. The van der Waals surface area contributed by atoms with Crippen LogP contribution in [-0.2, 0) is 0 Å². The molecule has 3 rings (SSSR count). The van der Waals surface area contributed by atoms with E-state index in [-0.39, 0.29) is 5.69 Å². The van der Waals surface area contributed by atoms with Crippen LogP contribution in [0.4, 0.5) is 11.4 Å². The zero-order valence-electron chi connectivity index (χ0n) is 13.2. The van der Waals surface area contributed by atoms with Gasteiger partial charge in [-0.2, -0.15) is 5.10 Å². The zero-order chi connectivity index (χ0) is 16.9. The fourth-order valence-electron chi connectivity index (χ4n) is 2.26. The van der Waals surface area contributed by atoms with Gasteiger partial charge in [-0.3, -0.25) is 15.5 Å². The standard InChI is InChI=1S/C17H17N3O4/c1-12(18-19-14-4-6-15(7-5-14)20(21)22)13-3-8-16-17(11-13)24-10-2-9-23-16/h3-8,11,19H,2,9-10H2,1H3/b18-12+. The van der Waals surface area contributed by atoms with Gasteiger partial charge in [0.2, 0.25) is 0 Å². The van der Waals surface area contributed by atoms with Gasteiger partial charge >= 0.3 is 0 Å². The van der Waals surface area contributed by atoms with Gasteiger partial charge in [0.1, 0.15) is 0 Å². The first kappa shape index (κ1) is 15.8. The predicted molar refractivity (Wildman–Crippen MR) is 91.0 cm³/mol. The number of nitrogens with zero attached hydrogens (tertiary/aromatic N) is 2. The molecule has 0 aliphatic carbocycles. The fraction of sp³-hybridized carbons (Fsp3) is 0.235. The van der Waals surface area contributed by atoms with Crippen molar-refractivity contribution in [2.45, 2.75) is 13.3 Å². The summed E-state index contributed by atoms with van der Waals surface area (Å²) in [5, 5.41) is 15.0. The number of rotatable bonds is 4. The maximum atomic E-state index is 10.6. The third-order valence-corrected chi connectivity index (χ3v) is 3.60. The lowest BCUT2D eigenvalue weighted by Gasteiger charge is -2.09. The quantitative estimate of drug-likeness (QED) is 0.527. The monoisotopic (exact) mass is 327 g/mol. The molecule has 0 spiro atoms. The van der Waals surface area contributed by atoms with Crippen LogP contribution in [0.15, 0.2) is 47.6 Å². The highest BCUT2D eigenvalue weighted by Crippen LogP contribution is 2.30. The molecular formula is C17H17N3O4. The number of hydrogen-bond donors (Lipinski definition) is 1. The lowest BCUT2D eigenvalue weighted by molar-refractivity contribution is -0.384. The Kier molecular flexibility index (Phi) is 4.60. The van der Waals surface area contributed by atoms with Gasteiger partial charge in [-0.05, 0) is 37.3 Å². The summed E-state index contributed by atoms with van der Waals surface area (Å²) in [5.41, 5.74) is 5.29. The van der Waals surface area contributed by atoms with Gasteiger partial charge in [0, 0.05) is 24.1 Å². The minimum atomic E-state index is -0.434. The topological polar surface area (TPSA) is 86.0 Å². The van der Waals surface area contributed by atoms with Crippen molar-refractivity contribution in [3.05, 3.63) is 58.1 Å². The summed E-state index contributed by atoms with van der Waals surface area (Å²) in [4.78, 5) is 10.2. The Balaban J connectivity index is 1.73. The molecule has 0 amide bonds. The second-order valence-corrected chi connectivity index (χ2v) is 5.32. The van der Waals surface area contributed by atoms with Crippen molar-refractivity contribution in [1.29, 1.82) is 0 Å². The molecule has 2 aromatic rings. The van der Waals surface area contributed by atoms with Crippen molar-refractivity contribution in [3.63, 3.8) is 0 Å². The van der Waals surface area contributed by atoms with Gasteiger partial charge in [-0.1, -0.05) is 0 Å². The number of nitro groups is 1. The van der Waals surface area contributed by atoms with Crippen LogP contribution in [0.25, 0.3) is 0 Å².